The van der Waals surface area contributed by atoms with E-state index in [1.165, 1.54) is 0 Å². The van der Waals surface area contributed by atoms with E-state index in [0.29, 0.717) is 39.2 Å². The average Bonchev–Trinajstić information content (AvgIpc) is 3.00. The Morgan fingerprint density at radius 1 is 1.46 bits per heavy atom. The molecule has 0 bridgehead atoms. The summed E-state index contributed by atoms with van der Waals surface area (Å²) in [6, 6.07) is 5.56. The topological polar surface area (TPSA) is 80.8 Å². The second-order valence-electron chi connectivity index (χ2n) is 6.13. The van der Waals surface area contributed by atoms with E-state index in [1.807, 2.05) is 18.2 Å². The molecule has 1 aromatic heterocycles. The molecule has 24 heavy (non-hydrogen) atoms. The monoisotopic (exact) mass is 333 g/mol. The highest BCUT2D eigenvalue weighted by Crippen LogP contribution is 2.14. The Hall–Kier alpha value is -1.99. The number of hydrogen-bond donors (Lipinski definition) is 1. The normalized spacial score (nSPS) is 24.2. The molecule has 0 saturated carbocycles. The number of nitrogens with zero attached hydrogens (tertiary/aromatic N) is 2. The molecule has 3 rings (SSSR count). The van der Waals surface area contributed by atoms with E-state index < -0.39 is 0 Å². The molecule has 1 N–H and O–H groups in total. The van der Waals surface area contributed by atoms with E-state index in [9.17, 15) is 9.59 Å². The molecule has 2 fully saturated rings. The molecule has 2 amide bonds. The maximum Gasteiger partial charge on any atom is 0.239 e. The maximum atomic E-state index is 12.2. The van der Waals surface area contributed by atoms with Crippen molar-refractivity contribution in [3.63, 3.8) is 0 Å². The second kappa shape index (κ2) is 8.21. The van der Waals surface area contributed by atoms with Gasteiger partial charge in [0.1, 0.15) is 6.10 Å². The van der Waals surface area contributed by atoms with Crippen molar-refractivity contribution >= 4 is 11.8 Å². The van der Waals surface area contributed by atoms with Crippen LogP contribution >= 0.6 is 0 Å². The zero-order valence-corrected chi connectivity index (χ0v) is 13.6. The molecule has 130 valence electrons. The van der Waals surface area contributed by atoms with Gasteiger partial charge >= 0.3 is 0 Å². The fourth-order valence-corrected chi connectivity index (χ4v) is 3.01. The van der Waals surface area contributed by atoms with Gasteiger partial charge in [-0.15, -0.1) is 0 Å². The molecular formula is C17H23N3O4. The van der Waals surface area contributed by atoms with Gasteiger partial charge in [-0.05, 0) is 25.0 Å². The molecule has 3 heterocycles. The summed E-state index contributed by atoms with van der Waals surface area (Å²) in [5.74, 6) is -0.0799. The van der Waals surface area contributed by atoms with E-state index in [1.54, 1.807) is 11.1 Å². The number of carbonyl (C=O) groups is 2. The largest absolute Gasteiger partial charge is 0.379 e. The van der Waals surface area contributed by atoms with Gasteiger partial charge in [0.25, 0.3) is 0 Å². The molecule has 0 spiro atoms. The van der Waals surface area contributed by atoms with Gasteiger partial charge in [-0.2, -0.15) is 0 Å². The first-order chi connectivity index (χ1) is 11.7. The minimum Gasteiger partial charge on any atom is -0.379 e. The summed E-state index contributed by atoms with van der Waals surface area (Å²) < 4.78 is 11.4. The first kappa shape index (κ1) is 16.9. The number of pyridine rings is 1. The highest BCUT2D eigenvalue weighted by molar-refractivity contribution is 5.86. The summed E-state index contributed by atoms with van der Waals surface area (Å²) in [5, 5.41) is 2.99. The Morgan fingerprint density at radius 3 is 3.12 bits per heavy atom. The lowest BCUT2D eigenvalue weighted by Crippen LogP contribution is -2.52. The molecule has 2 atom stereocenters. The molecule has 2 aliphatic heterocycles. The van der Waals surface area contributed by atoms with Crippen LogP contribution in [0.25, 0.3) is 0 Å². The Kier molecular flexibility index (Phi) is 5.77. The lowest BCUT2D eigenvalue weighted by atomic mass is 10.1. The third-order valence-corrected chi connectivity index (χ3v) is 4.33. The molecule has 0 aromatic carbocycles. The summed E-state index contributed by atoms with van der Waals surface area (Å²) >= 11 is 0. The van der Waals surface area contributed by atoms with Crippen LogP contribution in [-0.4, -0.2) is 60.1 Å². The number of likely N-dealkylation sites (tertiary alicyclic amines) is 1. The first-order valence-electron chi connectivity index (χ1n) is 8.39. The van der Waals surface area contributed by atoms with Crippen LogP contribution in [0.15, 0.2) is 24.4 Å². The zero-order valence-electron chi connectivity index (χ0n) is 13.6. The molecule has 2 saturated heterocycles. The first-order valence-corrected chi connectivity index (χ1v) is 8.39. The fraction of sp³-hybridized carbons (Fsp3) is 0.588. The van der Waals surface area contributed by atoms with Gasteiger partial charge in [-0.1, -0.05) is 6.07 Å². The smallest absolute Gasteiger partial charge is 0.239 e. The van der Waals surface area contributed by atoms with Gasteiger partial charge in [-0.25, -0.2) is 0 Å². The summed E-state index contributed by atoms with van der Waals surface area (Å²) in [7, 11) is 0. The van der Waals surface area contributed by atoms with Crippen molar-refractivity contribution in [3.05, 3.63) is 30.1 Å². The summed E-state index contributed by atoms with van der Waals surface area (Å²) in [4.78, 5) is 29.7. The van der Waals surface area contributed by atoms with Crippen LogP contribution in [0.5, 0.6) is 0 Å². The van der Waals surface area contributed by atoms with Gasteiger partial charge in [0, 0.05) is 25.8 Å². The standard InChI is InChI=1S/C17H23N3O4/c21-16(10-20-8-3-5-17(20)22)19-14-6-9-23-12-15(14)24-11-13-4-1-2-7-18-13/h1-2,4,7,14-15H,3,5-6,8-12H2,(H,19,21)/t14-,15-/m1/s1. The third kappa shape index (κ3) is 4.52. The van der Waals surface area contributed by atoms with Crippen LogP contribution < -0.4 is 5.32 Å². The Morgan fingerprint density at radius 2 is 2.38 bits per heavy atom. The third-order valence-electron chi connectivity index (χ3n) is 4.33. The van der Waals surface area contributed by atoms with Crippen molar-refractivity contribution in [2.75, 3.05) is 26.3 Å². The minimum absolute atomic E-state index is 0.0556. The zero-order chi connectivity index (χ0) is 16.8. The maximum absolute atomic E-state index is 12.2. The van der Waals surface area contributed by atoms with E-state index in [4.69, 9.17) is 9.47 Å². The summed E-state index contributed by atoms with van der Waals surface area (Å²) in [6.07, 6.45) is 3.59. The van der Waals surface area contributed by atoms with Gasteiger partial charge in [0.05, 0.1) is 31.5 Å². The molecule has 0 aliphatic carbocycles. The molecule has 0 unspecified atom stereocenters. The van der Waals surface area contributed by atoms with Crippen molar-refractivity contribution in [2.45, 2.75) is 38.0 Å². The van der Waals surface area contributed by atoms with Crippen LogP contribution in [0.4, 0.5) is 0 Å². The van der Waals surface area contributed by atoms with Crippen LogP contribution in [0.1, 0.15) is 25.0 Å². The summed E-state index contributed by atoms with van der Waals surface area (Å²) in [6.45, 7) is 2.21. The molecule has 0 radical (unpaired) electrons. The lowest BCUT2D eigenvalue weighted by Gasteiger charge is -2.32. The van der Waals surface area contributed by atoms with Crippen LogP contribution in [-0.2, 0) is 25.7 Å². The number of ether oxygens (including phenoxy) is 2. The van der Waals surface area contributed by atoms with Gasteiger partial charge in [0.15, 0.2) is 0 Å². The Labute approximate surface area is 141 Å². The number of hydrogen-bond acceptors (Lipinski definition) is 5. The van der Waals surface area contributed by atoms with Crippen molar-refractivity contribution in [1.29, 1.82) is 0 Å². The van der Waals surface area contributed by atoms with Crippen molar-refractivity contribution in [1.82, 2.24) is 15.2 Å². The summed E-state index contributed by atoms with van der Waals surface area (Å²) in [5.41, 5.74) is 0.843. The second-order valence-corrected chi connectivity index (χ2v) is 6.13. The Bertz CT molecular complexity index is 566. The van der Waals surface area contributed by atoms with Gasteiger partial charge in [0.2, 0.25) is 11.8 Å². The van der Waals surface area contributed by atoms with E-state index in [0.717, 1.165) is 12.1 Å². The number of carbonyl (C=O) groups excluding carboxylic acids is 2. The van der Waals surface area contributed by atoms with Crippen LogP contribution in [0.2, 0.25) is 0 Å². The average molecular weight is 333 g/mol. The molecular weight excluding hydrogens is 310 g/mol. The molecule has 7 heteroatoms. The van der Waals surface area contributed by atoms with Crippen molar-refractivity contribution < 1.29 is 19.1 Å². The molecule has 7 nitrogen and oxygen atoms in total. The predicted octanol–water partition coefficient (Wildman–Crippen LogP) is 0.494. The predicted molar refractivity (Wildman–Crippen MR) is 86.0 cm³/mol. The Balaban J connectivity index is 1.50. The number of amides is 2. The minimum atomic E-state index is -0.209. The SMILES string of the molecule is O=C(CN1CCCC1=O)N[C@@H]1CCOC[C@H]1OCc1ccccn1. The van der Waals surface area contributed by atoms with Gasteiger partial charge < -0.3 is 19.7 Å². The highest BCUT2D eigenvalue weighted by atomic mass is 16.5. The van der Waals surface area contributed by atoms with Crippen LogP contribution in [0.3, 0.4) is 0 Å². The number of aromatic nitrogens is 1. The van der Waals surface area contributed by atoms with Crippen molar-refractivity contribution in [3.8, 4) is 0 Å². The molecule has 2 aliphatic rings. The number of nitrogens with one attached hydrogen (secondary N) is 1. The number of rotatable bonds is 6. The lowest BCUT2D eigenvalue weighted by molar-refractivity contribution is -0.135. The fourth-order valence-electron chi connectivity index (χ4n) is 3.01. The van der Waals surface area contributed by atoms with E-state index in [2.05, 4.69) is 10.3 Å². The highest BCUT2D eigenvalue weighted by Gasteiger charge is 2.29. The van der Waals surface area contributed by atoms with E-state index >= 15 is 0 Å². The van der Waals surface area contributed by atoms with E-state index in [-0.39, 0.29) is 30.5 Å². The van der Waals surface area contributed by atoms with Gasteiger partial charge in [-0.3, -0.25) is 14.6 Å². The van der Waals surface area contributed by atoms with Crippen LogP contribution in [0, 0.1) is 0 Å². The van der Waals surface area contributed by atoms with Crippen molar-refractivity contribution in [2.24, 2.45) is 0 Å². The molecule has 1 aromatic rings. The quantitative estimate of drug-likeness (QED) is 0.820.